The maximum atomic E-state index is 12.1. The lowest BCUT2D eigenvalue weighted by Gasteiger charge is -2.22. The topological polar surface area (TPSA) is 85.8 Å². The van der Waals surface area contributed by atoms with Crippen LogP contribution in [0.15, 0.2) is 4.99 Å². The monoisotopic (exact) mass is 365 g/mol. The molecular weight excluding hydrogens is 330 g/mol. The summed E-state index contributed by atoms with van der Waals surface area (Å²) < 4.78 is 0. The number of carbonyl (C=O) groups excluding carboxylic acids is 2. The molecular formula is C19H35N5O2. The number of guanidine groups is 1. The van der Waals surface area contributed by atoms with E-state index in [4.69, 9.17) is 0 Å². The molecule has 0 aromatic heterocycles. The van der Waals surface area contributed by atoms with Gasteiger partial charge in [0.1, 0.15) is 0 Å². The van der Waals surface area contributed by atoms with Crippen LogP contribution in [0.3, 0.4) is 0 Å². The lowest BCUT2D eigenvalue weighted by Crippen LogP contribution is -2.45. The van der Waals surface area contributed by atoms with Crippen molar-refractivity contribution < 1.29 is 9.59 Å². The summed E-state index contributed by atoms with van der Waals surface area (Å²) in [7, 11) is 0. The van der Waals surface area contributed by atoms with Gasteiger partial charge < -0.3 is 20.9 Å². The minimum atomic E-state index is 0.0945. The molecule has 1 saturated carbocycles. The van der Waals surface area contributed by atoms with Crippen LogP contribution >= 0.6 is 0 Å². The molecule has 1 aliphatic heterocycles. The maximum absolute atomic E-state index is 12.1. The van der Waals surface area contributed by atoms with Gasteiger partial charge in [-0.2, -0.15) is 0 Å². The predicted molar refractivity (Wildman–Crippen MR) is 104 cm³/mol. The van der Waals surface area contributed by atoms with E-state index in [0.29, 0.717) is 25.4 Å². The number of rotatable bonds is 7. The summed E-state index contributed by atoms with van der Waals surface area (Å²) in [4.78, 5) is 30.3. The highest BCUT2D eigenvalue weighted by atomic mass is 16.2. The van der Waals surface area contributed by atoms with Crippen molar-refractivity contribution in [3.63, 3.8) is 0 Å². The quantitative estimate of drug-likeness (QED) is 0.470. The minimum absolute atomic E-state index is 0.0945. The number of hydrogen-bond donors (Lipinski definition) is 3. The van der Waals surface area contributed by atoms with E-state index in [-0.39, 0.29) is 17.9 Å². The standard InChI is InChI=1S/C19H35N5O2/c1-3-18(26)24-13-11-16(14-24)23-19(20-4-2)21-12-10-17(25)22-15-8-6-5-7-9-15/h15-16H,3-14H2,1-2H3,(H,22,25)(H2,20,21,23). The van der Waals surface area contributed by atoms with E-state index in [0.717, 1.165) is 44.9 Å². The van der Waals surface area contributed by atoms with Crippen molar-refractivity contribution in [1.29, 1.82) is 0 Å². The zero-order valence-electron chi connectivity index (χ0n) is 16.4. The molecule has 0 aromatic carbocycles. The number of nitrogens with zero attached hydrogens (tertiary/aromatic N) is 2. The van der Waals surface area contributed by atoms with Crippen LogP contribution in [-0.2, 0) is 9.59 Å². The molecule has 0 spiro atoms. The van der Waals surface area contributed by atoms with Crippen LogP contribution in [0, 0.1) is 0 Å². The predicted octanol–water partition coefficient (Wildman–Crippen LogP) is 1.39. The van der Waals surface area contributed by atoms with Crippen molar-refractivity contribution in [2.75, 3.05) is 26.2 Å². The van der Waals surface area contributed by atoms with Crippen molar-refractivity contribution in [1.82, 2.24) is 20.9 Å². The molecule has 7 heteroatoms. The summed E-state index contributed by atoms with van der Waals surface area (Å²) in [6.45, 7) is 6.68. The van der Waals surface area contributed by atoms with Crippen LogP contribution < -0.4 is 16.0 Å². The third-order valence-electron chi connectivity index (χ3n) is 5.11. The average molecular weight is 366 g/mol. The van der Waals surface area contributed by atoms with Crippen molar-refractivity contribution in [2.45, 2.75) is 77.3 Å². The van der Waals surface area contributed by atoms with Gasteiger partial charge in [0.25, 0.3) is 0 Å². The van der Waals surface area contributed by atoms with Gasteiger partial charge in [0.05, 0.1) is 6.54 Å². The average Bonchev–Trinajstić information content (AvgIpc) is 3.10. The fourth-order valence-electron chi connectivity index (χ4n) is 3.66. The summed E-state index contributed by atoms with van der Waals surface area (Å²) in [5.74, 6) is 1.03. The highest BCUT2D eigenvalue weighted by molar-refractivity contribution is 5.81. The van der Waals surface area contributed by atoms with Gasteiger partial charge in [-0.25, -0.2) is 0 Å². The number of likely N-dealkylation sites (tertiary alicyclic amines) is 1. The van der Waals surface area contributed by atoms with Gasteiger partial charge in [0.15, 0.2) is 5.96 Å². The molecule has 148 valence electrons. The van der Waals surface area contributed by atoms with Gasteiger partial charge in [0, 0.05) is 44.6 Å². The number of amides is 2. The van der Waals surface area contributed by atoms with Gasteiger partial charge in [-0.15, -0.1) is 0 Å². The van der Waals surface area contributed by atoms with Gasteiger partial charge in [-0.05, 0) is 26.2 Å². The van der Waals surface area contributed by atoms with Crippen LogP contribution in [0.5, 0.6) is 0 Å². The zero-order valence-corrected chi connectivity index (χ0v) is 16.4. The van der Waals surface area contributed by atoms with Crippen LogP contribution in [0.25, 0.3) is 0 Å². The molecule has 1 heterocycles. The SMILES string of the molecule is CCNC(=NCCC(=O)NC1CCCCC1)NC1CCN(C(=O)CC)C1. The Labute approximate surface area is 157 Å². The van der Waals surface area contributed by atoms with Gasteiger partial charge >= 0.3 is 0 Å². The Hall–Kier alpha value is -1.79. The smallest absolute Gasteiger partial charge is 0.222 e. The number of carbonyl (C=O) groups is 2. The Morgan fingerprint density at radius 3 is 2.50 bits per heavy atom. The van der Waals surface area contributed by atoms with E-state index >= 15 is 0 Å². The van der Waals surface area contributed by atoms with Crippen molar-refractivity contribution in [3.8, 4) is 0 Å². The molecule has 0 bridgehead atoms. The highest BCUT2D eigenvalue weighted by Gasteiger charge is 2.25. The van der Waals surface area contributed by atoms with E-state index < -0.39 is 0 Å². The largest absolute Gasteiger partial charge is 0.357 e. The van der Waals surface area contributed by atoms with Gasteiger partial charge in [0.2, 0.25) is 11.8 Å². The molecule has 0 radical (unpaired) electrons. The Balaban J connectivity index is 1.73. The van der Waals surface area contributed by atoms with E-state index in [1.165, 1.54) is 19.3 Å². The number of aliphatic imine (C=N–C) groups is 1. The molecule has 3 N–H and O–H groups in total. The second-order valence-corrected chi connectivity index (χ2v) is 7.24. The lowest BCUT2D eigenvalue weighted by molar-refractivity contribution is -0.129. The first kappa shape index (κ1) is 20.5. The third-order valence-corrected chi connectivity index (χ3v) is 5.11. The van der Waals surface area contributed by atoms with Crippen LogP contribution in [0.2, 0.25) is 0 Å². The molecule has 0 aromatic rings. The molecule has 2 fully saturated rings. The maximum Gasteiger partial charge on any atom is 0.222 e. The minimum Gasteiger partial charge on any atom is -0.357 e. The van der Waals surface area contributed by atoms with E-state index in [1.54, 1.807) is 0 Å². The molecule has 1 saturated heterocycles. The first-order valence-corrected chi connectivity index (χ1v) is 10.2. The summed E-state index contributed by atoms with van der Waals surface area (Å²) in [6, 6.07) is 0.575. The zero-order chi connectivity index (χ0) is 18.8. The third kappa shape index (κ3) is 6.84. The summed E-state index contributed by atoms with van der Waals surface area (Å²) in [5, 5.41) is 9.75. The molecule has 26 heavy (non-hydrogen) atoms. The van der Waals surface area contributed by atoms with Crippen molar-refractivity contribution >= 4 is 17.8 Å². The Bertz CT molecular complexity index is 488. The summed E-state index contributed by atoms with van der Waals surface area (Å²) >= 11 is 0. The molecule has 1 aliphatic carbocycles. The van der Waals surface area contributed by atoms with Gasteiger partial charge in [-0.1, -0.05) is 26.2 Å². The molecule has 1 atom stereocenters. The Kier molecular flexibility index (Phi) is 8.71. The Morgan fingerprint density at radius 2 is 1.81 bits per heavy atom. The number of hydrogen-bond acceptors (Lipinski definition) is 3. The van der Waals surface area contributed by atoms with E-state index in [9.17, 15) is 9.59 Å². The van der Waals surface area contributed by atoms with Crippen LogP contribution in [-0.4, -0.2) is 60.9 Å². The first-order chi connectivity index (χ1) is 12.6. The molecule has 1 unspecified atom stereocenters. The summed E-state index contributed by atoms with van der Waals surface area (Å²) in [5.41, 5.74) is 0. The molecule has 2 amide bonds. The fourth-order valence-corrected chi connectivity index (χ4v) is 3.66. The van der Waals surface area contributed by atoms with Crippen LogP contribution in [0.1, 0.15) is 65.2 Å². The highest BCUT2D eigenvalue weighted by Crippen LogP contribution is 2.17. The molecule has 2 aliphatic rings. The second-order valence-electron chi connectivity index (χ2n) is 7.24. The summed E-state index contributed by atoms with van der Waals surface area (Å²) in [6.07, 6.45) is 7.83. The number of nitrogens with one attached hydrogen (secondary N) is 3. The molecule has 7 nitrogen and oxygen atoms in total. The van der Waals surface area contributed by atoms with E-state index in [1.807, 2.05) is 18.7 Å². The lowest BCUT2D eigenvalue weighted by atomic mass is 9.95. The first-order valence-electron chi connectivity index (χ1n) is 10.2. The Morgan fingerprint density at radius 1 is 1.04 bits per heavy atom. The van der Waals surface area contributed by atoms with Crippen LogP contribution in [0.4, 0.5) is 0 Å². The van der Waals surface area contributed by atoms with Crippen molar-refractivity contribution in [3.05, 3.63) is 0 Å². The molecule has 2 rings (SSSR count). The van der Waals surface area contributed by atoms with E-state index in [2.05, 4.69) is 20.9 Å². The van der Waals surface area contributed by atoms with Crippen molar-refractivity contribution in [2.24, 2.45) is 4.99 Å². The fraction of sp³-hybridized carbons (Fsp3) is 0.842. The normalized spacial score (nSPS) is 21.5. The van der Waals surface area contributed by atoms with Gasteiger partial charge in [-0.3, -0.25) is 14.6 Å². The second kappa shape index (κ2) is 11.0.